The normalized spacial score (nSPS) is 12.5. The summed E-state index contributed by atoms with van der Waals surface area (Å²) in [5, 5.41) is 0. The van der Waals surface area contributed by atoms with Crippen molar-refractivity contribution in [2.24, 2.45) is 0 Å². The van der Waals surface area contributed by atoms with Gasteiger partial charge in [0.25, 0.3) is 0 Å². The Kier molecular flexibility index (Phi) is 5.91. The molecule has 0 aliphatic carbocycles. The van der Waals surface area contributed by atoms with Gasteiger partial charge in [0, 0.05) is 13.1 Å². The first-order chi connectivity index (χ1) is 7.69. The molecule has 0 amide bonds. The standard InChI is InChI=1S/C11H18ClN3S/c1-9(4-5-16-3)15(2)11-8-13-10(6-12)7-14-11/h7-9H,4-6H2,1-3H3. The summed E-state index contributed by atoms with van der Waals surface area (Å²) in [5.74, 6) is 2.49. The van der Waals surface area contributed by atoms with Gasteiger partial charge in [0.05, 0.1) is 24.0 Å². The minimum atomic E-state index is 0.416. The Morgan fingerprint density at radius 3 is 2.69 bits per heavy atom. The van der Waals surface area contributed by atoms with Gasteiger partial charge in [0.15, 0.2) is 0 Å². The predicted octanol–water partition coefficient (Wildman–Crippen LogP) is 2.79. The molecule has 1 aromatic heterocycles. The molecular weight excluding hydrogens is 242 g/mol. The van der Waals surface area contributed by atoms with Gasteiger partial charge < -0.3 is 4.90 Å². The van der Waals surface area contributed by atoms with Gasteiger partial charge in [-0.25, -0.2) is 4.98 Å². The highest BCUT2D eigenvalue weighted by atomic mass is 35.5. The van der Waals surface area contributed by atoms with Gasteiger partial charge in [0.1, 0.15) is 5.82 Å². The molecule has 0 aromatic carbocycles. The number of aromatic nitrogens is 2. The van der Waals surface area contributed by atoms with E-state index < -0.39 is 0 Å². The van der Waals surface area contributed by atoms with Crippen molar-refractivity contribution in [2.75, 3.05) is 24.0 Å². The molecule has 0 spiro atoms. The van der Waals surface area contributed by atoms with E-state index in [-0.39, 0.29) is 0 Å². The van der Waals surface area contributed by atoms with Crippen LogP contribution in [0.5, 0.6) is 0 Å². The molecule has 1 heterocycles. The van der Waals surface area contributed by atoms with E-state index in [0.29, 0.717) is 11.9 Å². The summed E-state index contributed by atoms with van der Waals surface area (Å²) in [6.45, 7) is 2.20. The van der Waals surface area contributed by atoms with Crippen molar-refractivity contribution in [2.45, 2.75) is 25.3 Å². The molecule has 0 saturated heterocycles. The first-order valence-corrected chi connectivity index (χ1v) is 7.20. The molecule has 5 heteroatoms. The number of rotatable bonds is 6. The van der Waals surface area contributed by atoms with Crippen LogP contribution in [0.1, 0.15) is 19.0 Å². The number of hydrogen-bond donors (Lipinski definition) is 0. The Morgan fingerprint density at radius 2 is 2.19 bits per heavy atom. The lowest BCUT2D eigenvalue weighted by atomic mass is 10.2. The second-order valence-corrected chi connectivity index (χ2v) is 4.99. The zero-order chi connectivity index (χ0) is 12.0. The lowest BCUT2D eigenvalue weighted by Gasteiger charge is -2.25. The maximum absolute atomic E-state index is 5.67. The fraction of sp³-hybridized carbons (Fsp3) is 0.636. The number of alkyl halides is 1. The van der Waals surface area contributed by atoms with Crippen LogP contribution < -0.4 is 4.90 Å². The van der Waals surface area contributed by atoms with Crippen molar-refractivity contribution in [1.29, 1.82) is 0 Å². The van der Waals surface area contributed by atoms with Crippen molar-refractivity contribution in [3.63, 3.8) is 0 Å². The molecule has 0 bridgehead atoms. The second-order valence-electron chi connectivity index (χ2n) is 3.74. The van der Waals surface area contributed by atoms with Crippen LogP contribution in [0.4, 0.5) is 5.82 Å². The summed E-state index contributed by atoms with van der Waals surface area (Å²) in [6.07, 6.45) is 6.80. The van der Waals surface area contributed by atoms with Crippen LogP contribution in [-0.4, -0.2) is 35.1 Å². The largest absolute Gasteiger partial charge is 0.356 e. The van der Waals surface area contributed by atoms with E-state index in [9.17, 15) is 0 Å². The predicted molar refractivity (Wildman–Crippen MR) is 72.5 cm³/mol. The molecular formula is C11H18ClN3S. The number of halogens is 1. The van der Waals surface area contributed by atoms with E-state index in [0.717, 1.165) is 17.9 Å². The van der Waals surface area contributed by atoms with E-state index in [2.05, 4.69) is 35.1 Å². The topological polar surface area (TPSA) is 29.0 Å². The third-order valence-corrected chi connectivity index (χ3v) is 3.51. The van der Waals surface area contributed by atoms with Crippen LogP contribution in [0.15, 0.2) is 12.4 Å². The monoisotopic (exact) mass is 259 g/mol. The van der Waals surface area contributed by atoms with Gasteiger partial charge in [-0.15, -0.1) is 11.6 Å². The van der Waals surface area contributed by atoms with Gasteiger partial charge in [0.2, 0.25) is 0 Å². The van der Waals surface area contributed by atoms with Gasteiger partial charge in [-0.2, -0.15) is 11.8 Å². The molecule has 0 aliphatic rings. The van der Waals surface area contributed by atoms with Crippen LogP contribution in [0.25, 0.3) is 0 Å². The Balaban J connectivity index is 2.60. The minimum Gasteiger partial charge on any atom is -0.356 e. The summed E-state index contributed by atoms with van der Waals surface area (Å²) < 4.78 is 0. The third-order valence-electron chi connectivity index (χ3n) is 2.59. The van der Waals surface area contributed by atoms with E-state index >= 15 is 0 Å². The lowest BCUT2D eigenvalue weighted by Crippen LogP contribution is -2.30. The summed E-state index contributed by atoms with van der Waals surface area (Å²) in [4.78, 5) is 10.7. The average Bonchev–Trinajstić information content (AvgIpc) is 2.35. The fourth-order valence-electron chi connectivity index (χ4n) is 1.31. The van der Waals surface area contributed by atoms with Crippen LogP contribution in [0, 0.1) is 0 Å². The molecule has 3 nitrogen and oxygen atoms in total. The van der Waals surface area contributed by atoms with Gasteiger partial charge in [-0.1, -0.05) is 0 Å². The summed E-state index contributed by atoms with van der Waals surface area (Å²) in [5.41, 5.74) is 0.815. The quantitative estimate of drug-likeness (QED) is 0.735. The molecule has 0 radical (unpaired) electrons. The molecule has 1 rings (SSSR count). The highest BCUT2D eigenvalue weighted by Gasteiger charge is 2.10. The molecule has 0 fully saturated rings. The highest BCUT2D eigenvalue weighted by molar-refractivity contribution is 7.98. The zero-order valence-electron chi connectivity index (χ0n) is 9.98. The fourth-order valence-corrected chi connectivity index (χ4v) is 2.02. The molecule has 1 aromatic rings. The third kappa shape index (κ3) is 3.83. The van der Waals surface area contributed by atoms with Crippen molar-refractivity contribution < 1.29 is 0 Å². The summed E-state index contributed by atoms with van der Waals surface area (Å²) >= 11 is 7.54. The van der Waals surface area contributed by atoms with Crippen LogP contribution in [0.2, 0.25) is 0 Å². The van der Waals surface area contributed by atoms with Crippen LogP contribution in [0.3, 0.4) is 0 Å². The molecule has 1 unspecified atom stereocenters. The van der Waals surface area contributed by atoms with Gasteiger partial charge >= 0.3 is 0 Å². The molecule has 16 heavy (non-hydrogen) atoms. The van der Waals surface area contributed by atoms with Crippen molar-refractivity contribution in [3.05, 3.63) is 18.1 Å². The summed E-state index contributed by atoms with van der Waals surface area (Å²) in [6, 6.07) is 0.476. The van der Waals surface area contributed by atoms with Gasteiger partial charge in [-0.3, -0.25) is 4.98 Å². The first kappa shape index (κ1) is 13.6. The van der Waals surface area contributed by atoms with Crippen LogP contribution >= 0.6 is 23.4 Å². The Bertz CT molecular complexity index is 305. The van der Waals surface area contributed by atoms with Crippen molar-refractivity contribution in [3.8, 4) is 0 Å². The number of thioether (sulfide) groups is 1. The maximum Gasteiger partial charge on any atom is 0.147 e. The summed E-state index contributed by atoms with van der Waals surface area (Å²) in [7, 11) is 2.05. The van der Waals surface area contributed by atoms with Crippen LogP contribution in [-0.2, 0) is 5.88 Å². The van der Waals surface area contributed by atoms with Gasteiger partial charge in [-0.05, 0) is 25.4 Å². The molecule has 0 saturated carbocycles. The molecule has 90 valence electrons. The number of anilines is 1. The SMILES string of the molecule is CSCCC(C)N(C)c1cnc(CCl)cn1. The Morgan fingerprint density at radius 1 is 1.44 bits per heavy atom. The Labute approximate surface area is 107 Å². The Hall–Kier alpha value is -0.480. The van der Waals surface area contributed by atoms with E-state index in [4.69, 9.17) is 11.6 Å². The minimum absolute atomic E-state index is 0.416. The number of nitrogens with zero attached hydrogens (tertiary/aromatic N) is 3. The lowest BCUT2D eigenvalue weighted by molar-refractivity contribution is 0.660. The molecule has 1 atom stereocenters. The first-order valence-electron chi connectivity index (χ1n) is 5.27. The maximum atomic E-state index is 5.67. The van der Waals surface area contributed by atoms with E-state index in [1.807, 2.05) is 11.8 Å². The number of hydrogen-bond acceptors (Lipinski definition) is 4. The van der Waals surface area contributed by atoms with E-state index in [1.54, 1.807) is 12.4 Å². The molecule has 0 N–H and O–H groups in total. The van der Waals surface area contributed by atoms with E-state index in [1.165, 1.54) is 5.75 Å². The van der Waals surface area contributed by atoms with Crippen molar-refractivity contribution >= 4 is 29.2 Å². The highest BCUT2D eigenvalue weighted by Crippen LogP contribution is 2.14. The average molecular weight is 260 g/mol. The van der Waals surface area contributed by atoms with Crippen molar-refractivity contribution in [1.82, 2.24) is 9.97 Å². The smallest absolute Gasteiger partial charge is 0.147 e. The second kappa shape index (κ2) is 6.97. The zero-order valence-corrected chi connectivity index (χ0v) is 11.6. The molecule has 0 aliphatic heterocycles.